The van der Waals surface area contributed by atoms with Crippen LogP contribution < -0.4 is 15.9 Å². The van der Waals surface area contributed by atoms with Crippen LogP contribution >= 0.6 is 32.1 Å². The van der Waals surface area contributed by atoms with Crippen molar-refractivity contribution in [1.29, 1.82) is 0 Å². The second-order valence-electron chi connectivity index (χ2n) is 15.1. The van der Waals surface area contributed by atoms with E-state index in [0.29, 0.717) is 40.5 Å². The van der Waals surface area contributed by atoms with Crippen LogP contribution in [-0.4, -0.2) is 44.0 Å². The summed E-state index contributed by atoms with van der Waals surface area (Å²) in [6.07, 6.45) is 6.46. The standard InChI is InChI=1S/C30H31F5N6OS3.C7H16.C4H10.C2H6/c1-4-15(2)28-38-25(27(44-28)22-11-12-36-29(37-22)39-24-17-13-45(3,43)14-18(17)24)16-7-5-10-21(23(16)32)40-41(42)26-19(30(33,34)35)8-6-9-20(26)31;1-4-5-6-7(2)3;1-3-4-2;1-2/h5-12,15,17-18,24,40,42-43H,4,13-14H2,1-3H3,(H,36,37,39);7H,4-6H2,1-3H3;3-4H2,1-2H3;1-2H3. The first-order chi connectivity index (χ1) is 27.5. The Morgan fingerprint density at radius 2 is 1.59 bits per heavy atom. The van der Waals surface area contributed by atoms with Crippen LogP contribution in [0.4, 0.5) is 39.3 Å². The van der Waals surface area contributed by atoms with Gasteiger partial charge in [0.05, 0.1) is 32.5 Å². The maximum atomic E-state index is 16.1. The molecule has 1 aliphatic heterocycles. The highest BCUT2D eigenvalue weighted by Crippen LogP contribution is 2.67. The zero-order valence-corrected chi connectivity index (χ0v) is 38.1. The molecule has 4 aromatic rings. The number of para-hydroxylation sites is 1. The molecule has 0 bridgehead atoms. The fourth-order valence-electron chi connectivity index (χ4n) is 6.34. The predicted molar refractivity (Wildman–Crippen MR) is 239 cm³/mol. The number of thiazole rings is 1. The highest BCUT2D eigenvalue weighted by Gasteiger charge is 2.58. The molecule has 0 radical (unpaired) electrons. The molecule has 0 amide bonds. The van der Waals surface area contributed by atoms with Crippen LogP contribution in [0.2, 0.25) is 0 Å². The second-order valence-corrected chi connectivity index (χ2v) is 21.9. The van der Waals surface area contributed by atoms with Gasteiger partial charge in [-0.25, -0.2) is 23.7 Å². The molecule has 2 fully saturated rings. The van der Waals surface area contributed by atoms with E-state index < -0.39 is 38.1 Å². The van der Waals surface area contributed by atoms with Crippen LogP contribution in [0.5, 0.6) is 0 Å². The third-order valence-corrected chi connectivity index (χ3v) is 14.3. The summed E-state index contributed by atoms with van der Waals surface area (Å²) in [6, 6.07) is 8.42. The third-order valence-electron chi connectivity index (χ3n) is 9.92. The molecule has 3 unspecified atom stereocenters. The van der Waals surface area contributed by atoms with E-state index in [0.717, 1.165) is 41.0 Å². The predicted octanol–water partition coefficient (Wildman–Crippen LogP) is 14.3. The van der Waals surface area contributed by atoms with Gasteiger partial charge in [0.2, 0.25) is 5.95 Å². The summed E-state index contributed by atoms with van der Waals surface area (Å²) >= 11 is 6.19. The number of unbranched alkanes of at least 4 members (excludes halogenated alkanes) is 2. The molecule has 58 heavy (non-hydrogen) atoms. The van der Waals surface area contributed by atoms with Gasteiger partial charge in [-0.1, -0.05) is 107 Å². The number of nitrogens with zero attached hydrogens (tertiary/aromatic N) is 4. The van der Waals surface area contributed by atoms with Crippen LogP contribution in [0.15, 0.2) is 48.7 Å². The van der Waals surface area contributed by atoms with Gasteiger partial charge in [-0.3, -0.25) is 10.6 Å². The molecule has 324 valence electrons. The average molecular weight is 871 g/mol. The highest BCUT2D eigenvalue weighted by molar-refractivity contribution is 8.87. The minimum atomic E-state index is -4.97. The van der Waals surface area contributed by atoms with Crippen molar-refractivity contribution in [3.05, 3.63) is 70.9 Å². The van der Waals surface area contributed by atoms with Gasteiger partial charge < -0.3 is 5.32 Å². The van der Waals surface area contributed by atoms with Crippen LogP contribution in [0.25, 0.3) is 21.8 Å². The summed E-state index contributed by atoms with van der Waals surface area (Å²) < 4.78 is 71.3. The quantitative estimate of drug-likeness (QED) is 0.0461. The Morgan fingerprint density at radius 3 is 2.14 bits per heavy atom. The van der Waals surface area contributed by atoms with Gasteiger partial charge in [-0.15, -0.1) is 23.0 Å². The maximum Gasteiger partial charge on any atom is 0.418 e. The van der Waals surface area contributed by atoms with Crippen LogP contribution in [0, 0.1) is 29.4 Å². The molecule has 1 saturated carbocycles. The molecule has 2 aliphatic rings. The fourth-order valence-corrected chi connectivity index (χ4v) is 11.3. The number of fused-ring (bicyclic) bond motifs is 1. The molecule has 2 aromatic heterocycles. The average Bonchev–Trinajstić information content (AvgIpc) is 3.47. The van der Waals surface area contributed by atoms with Gasteiger partial charge in [0, 0.05) is 23.7 Å². The minimum absolute atomic E-state index is 0.0275. The number of anilines is 3. The van der Waals surface area contributed by atoms with Gasteiger partial charge in [0.1, 0.15) is 5.69 Å². The molecular weight excluding hydrogens is 808 g/mol. The van der Waals surface area contributed by atoms with Crippen LogP contribution in [-0.2, 0) is 6.18 Å². The van der Waals surface area contributed by atoms with Gasteiger partial charge in [-0.05, 0) is 72.3 Å². The number of alkyl halides is 3. The molecule has 6 rings (SSSR count). The number of rotatable bonds is 13. The van der Waals surface area contributed by atoms with Crippen molar-refractivity contribution in [2.45, 2.75) is 119 Å². The van der Waals surface area contributed by atoms with E-state index in [2.05, 4.69) is 56.6 Å². The molecule has 7 nitrogen and oxygen atoms in total. The van der Waals surface area contributed by atoms with E-state index in [4.69, 9.17) is 21.6 Å². The van der Waals surface area contributed by atoms with Crippen molar-refractivity contribution in [1.82, 2.24) is 15.0 Å². The van der Waals surface area contributed by atoms with Crippen molar-refractivity contribution >= 4 is 49.4 Å². The summed E-state index contributed by atoms with van der Waals surface area (Å²) in [6.45, 7) is 19.2. The van der Waals surface area contributed by atoms with E-state index in [-0.39, 0.29) is 28.0 Å². The molecule has 1 aliphatic carbocycles. The first-order valence-corrected chi connectivity index (χ1v) is 24.7. The first-order valence-electron chi connectivity index (χ1n) is 20.4. The van der Waals surface area contributed by atoms with E-state index in [1.54, 1.807) is 12.3 Å². The summed E-state index contributed by atoms with van der Waals surface area (Å²) in [5.74, 6) is 2.47. The molecule has 2 aromatic carbocycles. The smallest absolute Gasteiger partial charge is 0.351 e. The number of thiol groups is 1. The lowest BCUT2D eigenvalue weighted by molar-refractivity contribution is -0.137. The van der Waals surface area contributed by atoms with Crippen LogP contribution in [0.1, 0.15) is 117 Å². The van der Waals surface area contributed by atoms with Crippen molar-refractivity contribution < 1.29 is 27.2 Å². The zero-order chi connectivity index (χ0) is 43.4. The summed E-state index contributed by atoms with van der Waals surface area (Å²) in [7, 11) is -0.829. The van der Waals surface area contributed by atoms with Crippen molar-refractivity contribution in [2.24, 2.45) is 17.8 Å². The number of hydrogen-bond acceptors (Lipinski definition) is 9. The summed E-state index contributed by atoms with van der Waals surface area (Å²) in [5.41, 5.74) is -0.00490. The Hall–Kier alpha value is -3.14. The fraction of sp³-hybridized carbons (Fsp3) is 0.558. The van der Waals surface area contributed by atoms with Crippen molar-refractivity contribution in [3.8, 4) is 21.8 Å². The monoisotopic (exact) mass is 870 g/mol. The lowest BCUT2D eigenvalue weighted by Gasteiger charge is -2.26. The Kier molecular flexibility index (Phi) is 19.1. The Labute approximate surface area is 353 Å². The van der Waals surface area contributed by atoms with Gasteiger partial charge >= 0.3 is 6.18 Å². The first kappa shape index (κ1) is 49.2. The number of hydrazine groups is 1. The normalized spacial score (nSPS) is 20.8. The number of aromatic nitrogens is 3. The van der Waals surface area contributed by atoms with Crippen LogP contribution in [0.3, 0.4) is 0 Å². The second kappa shape index (κ2) is 22.5. The molecule has 3 atom stereocenters. The summed E-state index contributed by atoms with van der Waals surface area (Å²) in [4.78, 5) is 14.5. The van der Waals surface area contributed by atoms with Crippen molar-refractivity contribution in [3.63, 3.8) is 0 Å². The maximum absolute atomic E-state index is 16.1. The number of nitrogens with one attached hydrogen (secondary N) is 2. The lowest BCUT2D eigenvalue weighted by atomic mass is 10.1. The Balaban J connectivity index is 0.000000606. The number of benzene rings is 2. The number of halogens is 5. The van der Waals surface area contributed by atoms with E-state index in [1.165, 1.54) is 61.6 Å². The summed E-state index contributed by atoms with van der Waals surface area (Å²) in [5, 5.41) is 14.5. The number of hydrogen-bond donors (Lipinski definition) is 4. The third kappa shape index (κ3) is 13.2. The van der Waals surface area contributed by atoms with E-state index >= 15 is 4.39 Å². The van der Waals surface area contributed by atoms with Crippen molar-refractivity contribution in [2.75, 3.05) is 33.7 Å². The van der Waals surface area contributed by atoms with E-state index in [9.17, 15) is 22.8 Å². The van der Waals surface area contributed by atoms with Gasteiger partial charge in [0.25, 0.3) is 0 Å². The van der Waals surface area contributed by atoms with Gasteiger partial charge in [-0.2, -0.15) is 27.4 Å². The Bertz CT molecular complexity index is 1860. The zero-order valence-electron chi connectivity index (χ0n) is 35.6. The molecule has 1 saturated heterocycles. The SMILES string of the molecule is CC.CCC(C)c1nc(-c2cccc(NN(O)c3c(F)cccc3C(F)(F)F)c2F)c(-c2ccnc(NC3C4CS(C)(S)CC43)n2)s1.CCCC.CCCCC(C)C. The molecule has 3 heterocycles. The Morgan fingerprint density at radius 1 is 0.948 bits per heavy atom. The van der Waals surface area contributed by atoms with Gasteiger partial charge in [0.15, 0.2) is 11.6 Å². The molecule has 15 heteroatoms. The lowest BCUT2D eigenvalue weighted by Crippen LogP contribution is -2.29. The molecule has 3 N–H and O–H groups in total. The largest absolute Gasteiger partial charge is 0.418 e. The molecular formula is C43H63F5N6OS3. The minimum Gasteiger partial charge on any atom is -0.351 e. The van der Waals surface area contributed by atoms with E-state index in [1.807, 2.05) is 27.7 Å². The highest BCUT2D eigenvalue weighted by atomic mass is 33.1. The molecule has 0 spiro atoms. The topological polar surface area (TPSA) is 86.2 Å².